The molecule has 0 fully saturated rings. The maximum Gasteiger partial charge on any atom is 0.0795 e. The van der Waals surface area contributed by atoms with Crippen LogP contribution in [0.15, 0.2) is 5.38 Å². The van der Waals surface area contributed by atoms with Crippen LogP contribution < -0.4 is 5.73 Å². The van der Waals surface area contributed by atoms with Crippen molar-refractivity contribution in [1.82, 2.24) is 0 Å². The van der Waals surface area contributed by atoms with Crippen molar-refractivity contribution in [1.29, 1.82) is 0 Å². The zero-order chi connectivity index (χ0) is 6.85. The van der Waals surface area contributed by atoms with Crippen LogP contribution in [0.5, 0.6) is 0 Å². The van der Waals surface area contributed by atoms with Crippen LogP contribution in [0.25, 0.3) is 0 Å². The Labute approximate surface area is 61.9 Å². The Morgan fingerprint density at radius 2 is 2.44 bits per heavy atom. The fourth-order valence-corrected chi connectivity index (χ4v) is 1.49. The molecule has 3 N–H and O–H groups in total. The molecule has 0 aromatic carbocycles. The molecule has 0 saturated heterocycles. The van der Waals surface area contributed by atoms with E-state index >= 15 is 0 Å². The standard InChI is InChI=1S/C5H6ClNOS/c6-3-2-9-4(1-8)5(3)7/h2,8H,1,7H2. The highest BCUT2D eigenvalue weighted by atomic mass is 35.5. The summed E-state index contributed by atoms with van der Waals surface area (Å²) in [6, 6.07) is 0. The van der Waals surface area contributed by atoms with E-state index in [1.807, 2.05) is 0 Å². The molecule has 1 aromatic rings. The van der Waals surface area contributed by atoms with Crippen molar-refractivity contribution in [2.45, 2.75) is 6.61 Å². The Hall–Kier alpha value is -0.250. The first-order chi connectivity index (χ1) is 4.25. The Bertz CT molecular complexity index is 211. The predicted octanol–water partition coefficient (Wildman–Crippen LogP) is 1.48. The first-order valence-corrected chi connectivity index (χ1v) is 3.63. The summed E-state index contributed by atoms with van der Waals surface area (Å²) in [5, 5.41) is 10.8. The topological polar surface area (TPSA) is 46.2 Å². The van der Waals surface area contributed by atoms with Crippen LogP contribution >= 0.6 is 22.9 Å². The van der Waals surface area contributed by atoms with Crippen molar-refractivity contribution >= 4 is 28.6 Å². The highest BCUT2D eigenvalue weighted by Crippen LogP contribution is 2.28. The third-order valence-corrected chi connectivity index (χ3v) is 2.44. The second-order valence-corrected chi connectivity index (χ2v) is 2.95. The van der Waals surface area contributed by atoms with Gasteiger partial charge in [-0.25, -0.2) is 0 Å². The van der Waals surface area contributed by atoms with E-state index in [0.717, 1.165) is 4.88 Å². The van der Waals surface area contributed by atoms with Gasteiger partial charge in [-0.2, -0.15) is 0 Å². The largest absolute Gasteiger partial charge is 0.397 e. The van der Waals surface area contributed by atoms with Gasteiger partial charge in [0.05, 0.1) is 22.2 Å². The van der Waals surface area contributed by atoms with E-state index < -0.39 is 0 Å². The molecule has 0 aliphatic heterocycles. The van der Waals surface area contributed by atoms with Gasteiger partial charge in [0.2, 0.25) is 0 Å². The lowest BCUT2D eigenvalue weighted by Gasteiger charge is -1.90. The molecule has 0 spiro atoms. The first kappa shape index (κ1) is 6.86. The Morgan fingerprint density at radius 3 is 2.67 bits per heavy atom. The number of hydrogen-bond donors (Lipinski definition) is 2. The van der Waals surface area contributed by atoms with Crippen LogP contribution in [0, 0.1) is 0 Å². The molecule has 0 unspecified atom stereocenters. The fourth-order valence-electron chi connectivity index (χ4n) is 0.505. The number of hydrogen-bond acceptors (Lipinski definition) is 3. The summed E-state index contributed by atoms with van der Waals surface area (Å²) in [5.41, 5.74) is 5.94. The van der Waals surface area contributed by atoms with Crippen LogP contribution in [0.1, 0.15) is 4.88 Å². The molecule has 0 saturated carbocycles. The lowest BCUT2D eigenvalue weighted by atomic mass is 10.4. The Morgan fingerprint density at radius 1 is 1.78 bits per heavy atom. The summed E-state index contributed by atoms with van der Waals surface area (Å²) in [6.07, 6.45) is 0. The number of thiophene rings is 1. The van der Waals surface area contributed by atoms with Crippen molar-refractivity contribution in [3.8, 4) is 0 Å². The third-order valence-electron chi connectivity index (χ3n) is 1.01. The van der Waals surface area contributed by atoms with E-state index in [2.05, 4.69) is 0 Å². The summed E-state index contributed by atoms with van der Waals surface area (Å²) in [7, 11) is 0. The molecule has 9 heavy (non-hydrogen) atoms. The van der Waals surface area contributed by atoms with Crippen molar-refractivity contribution in [3.63, 3.8) is 0 Å². The summed E-state index contributed by atoms with van der Waals surface area (Å²) in [6.45, 7) is -0.0246. The van der Waals surface area contributed by atoms with Crippen LogP contribution in [0.4, 0.5) is 5.69 Å². The Kier molecular flexibility index (Phi) is 1.95. The zero-order valence-electron chi connectivity index (χ0n) is 4.60. The van der Waals surface area contributed by atoms with Crippen LogP contribution in [0.3, 0.4) is 0 Å². The number of anilines is 1. The van der Waals surface area contributed by atoms with Gasteiger partial charge in [0.15, 0.2) is 0 Å². The van der Waals surface area contributed by atoms with Crippen LogP contribution in [-0.2, 0) is 6.61 Å². The molecule has 1 rings (SSSR count). The molecule has 0 radical (unpaired) electrons. The molecule has 1 heterocycles. The van der Waals surface area contributed by atoms with E-state index in [-0.39, 0.29) is 6.61 Å². The summed E-state index contributed by atoms with van der Waals surface area (Å²) in [4.78, 5) is 0.736. The lowest BCUT2D eigenvalue weighted by Crippen LogP contribution is -1.87. The zero-order valence-corrected chi connectivity index (χ0v) is 6.17. The molecular weight excluding hydrogens is 158 g/mol. The van der Waals surface area contributed by atoms with Crippen molar-refractivity contribution in [2.75, 3.05) is 5.73 Å². The second-order valence-electron chi connectivity index (χ2n) is 1.58. The van der Waals surface area contributed by atoms with E-state index in [9.17, 15) is 0 Å². The highest BCUT2D eigenvalue weighted by molar-refractivity contribution is 7.11. The van der Waals surface area contributed by atoms with Crippen LogP contribution in [0.2, 0.25) is 5.02 Å². The van der Waals surface area contributed by atoms with Gasteiger partial charge < -0.3 is 10.8 Å². The molecule has 2 nitrogen and oxygen atoms in total. The van der Waals surface area contributed by atoms with E-state index in [1.54, 1.807) is 5.38 Å². The summed E-state index contributed by atoms with van der Waals surface area (Å²) >= 11 is 6.95. The Balaban J connectivity index is 3.04. The van der Waals surface area contributed by atoms with Gasteiger partial charge in [0.1, 0.15) is 0 Å². The molecular formula is C5H6ClNOS. The molecule has 50 valence electrons. The number of aliphatic hydroxyl groups excluding tert-OH is 1. The summed E-state index contributed by atoms with van der Waals surface area (Å²) in [5.74, 6) is 0. The van der Waals surface area contributed by atoms with Gasteiger partial charge >= 0.3 is 0 Å². The maximum absolute atomic E-state index is 8.60. The number of aliphatic hydroxyl groups is 1. The number of halogens is 1. The number of nitrogens with two attached hydrogens (primary N) is 1. The number of rotatable bonds is 1. The molecule has 0 aliphatic carbocycles. The van der Waals surface area contributed by atoms with Gasteiger partial charge in [-0.05, 0) is 0 Å². The third kappa shape index (κ3) is 1.18. The van der Waals surface area contributed by atoms with Crippen molar-refractivity contribution in [2.24, 2.45) is 0 Å². The van der Waals surface area contributed by atoms with Gasteiger partial charge in [-0.15, -0.1) is 11.3 Å². The fraction of sp³-hybridized carbons (Fsp3) is 0.200. The van der Waals surface area contributed by atoms with Crippen LogP contribution in [-0.4, -0.2) is 5.11 Å². The van der Waals surface area contributed by atoms with Crippen molar-refractivity contribution < 1.29 is 5.11 Å². The average molecular weight is 164 g/mol. The van der Waals surface area contributed by atoms with E-state index in [4.69, 9.17) is 22.4 Å². The SMILES string of the molecule is Nc1c(Cl)csc1CO. The highest BCUT2D eigenvalue weighted by Gasteiger charge is 2.03. The second kappa shape index (κ2) is 2.56. The molecule has 0 bridgehead atoms. The number of nitrogen functional groups attached to an aromatic ring is 1. The van der Waals surface area contributed by atoms with Gasteiger partial charge in [-0.3, -0.25) is 0 Å². The van der Waals surface area contributed by atoms with Gasteiger partial charge in [0.25, 0.3) is 0 Å². The molecule has 4 heteroatoms. The van der Waals surface area contributed by atoms with Gasteiger partial charge in [-0.1, -0.05) is 11.6 Å². The lowest BCUT2D eigenvalue weighted by molar-refractivity contribution is 0.286. The average Bonchev–Trinajstić information content (AvgIpc) is 2.15. The molecule has 0 amide bonds. The molecule has 0 atom stereocenters. The minimum Gasteiger partial charge on any atom is -0.397 e. The minimum absolute atomic E-state index is 0.0246. The quantitative estimate of drug-likeness (QED) is 0.659. The minimum atomic E-state index is -0.0246. The maximum atomic E-state index is 8.60. The normalized spacial score (nSPS) is 10.0. The first-order valence-electron chi connectivity index (χ1n) is 2.38. The smallest absolute Gasteiger partial charge is 0.0795 e. The van der Waals surface area contributed by atoms with E-state index in [0.29, 0.717) is 10.7 Å². The summed E-state index contributed by atoms with van der Waals surface area (Å²) < 4.78 is 0. The van der Waals surface area contributed by atoms with E-state index in [1.165, 1.54) is 11.3 Å². The molecule has 1 aromatic heterocycles. The molecule has 0 aliphatic rings. The predicted molar refractivity (Wildman–Crippen MR) is 39.7 cm³/mol. The van der Waals surface area contributed by atoms with Gasteiger partial charge in [0, 0.05) is 5.38 Å². The van der Waals surface area contributed by atoms with Crippen molar-refractivity contribution in [3.05, 3.63) is 15.3 Å². The monoisotopic (exact) mass is 163 g/mol.